The molecule has 5 rings (SSSR count). The molecule has 1 aromatic heterocycles. The van der Waals surface area contributed by atoms with E-state index in [4.69, 9.17) is 14.6 Å². The summed E-state index contributed by atoms with van der Waals surface area (Å²) in [6, 6.07) is 6.22. The van der Waals surface area contributed by atoms with Crippen molar-refractivity contribution in [1.82, 2.24) is 4.90 Å². The van der Waals surface area contributed by atoms with Crippen LogP contribution in [-0.4, -0.2) is 111 Å². The molecule has 50 heavy (non-hydrogen) atoms. The van der Waals surface area contributed by atoms with E-state index in [9.17, 15) is 31.4 Å². The molecule has 0 spiro atoms. The fourth-order valence-corrected chi connectivity index (χ4v) is 7.05. The lowest BCUT2D eigenvalue weighted by atomic mass is 10.0. The number of alkyl halides is 7. The summed E-state index contributed by atoms with van der Waals surface area (Å²) >= 11 is 0.990. The summed E-state index contributed by atoms with van der Waals surface area (Å²) in [5.41, 5.74) is 0.280. The Morgan fingerprint density at radius 2 is 1.82 bits per heavy atom. The maximum atomic E-state index is 15.1. The van der Waals surface area contributed by atoms with Crippen LogP contribution in [0.2, 0.25) is 0 Å². The van der Waals surface area contributed by atoms with Crippen LogP contribution in [0.25, 0.3) is 10.1 Å². The highest BCUT2D eigenvalue weighted by Gasteiger charge is 2.33. The van der Waals surface area contributed by atoms with E-state index in [1.165, 1.54) is 6.07 Å². The Balaban J connectivity index is 1.37. The van der Waals surface area contributed by atoms with E-state index in [1.54, 1.807) is 21.9 Å². The maximum absolute atomic E-state index is 15.1. The van der Waals surface area contributed by atoms with Gasteiger partial charge in [-0.15, -0.1) is 11.3 Å². The summed E-state index contributed by atoms with van der Waals surface area (Å²) in [6.45, 7) is -0.530. The first-order valence-electron chi connectivity index (χ1n) is 15.8. The number of β-amino-alcohol motifs (C(OH)–C–C–N with tert-alkyl or cyclic N) is 1. The van der Waals surface area contributed by atoms with Gasteiger partial charge in [0, 0.05) is 44.9 Å². The van der Waals surface area contributed by atoms with Crippen molar-refractivity contribution in [2.24, 2.45) is 0 Å². The number of ether oxygens (including phenoxy) is 2. The number of nitrogens with zero attached hydrogens (tertiary/aromatic N) is 2. The number of aliphatic hydroxyl groups is 2. The molecule has 3 heterocycles. The zero-order valence-electron chi connectivity index (χ0n) is 26.6. The highest BCUT2D eigenvalue weighted by Crippen LogP contribution is 2.40. The van der Waals surface area contributed by atoms with Crippen LogP contribution in [0, 0.1) is 17.7 Å². The molecule has 2 fully saturated rings. The van der Waals surface area contributed by atoms with Gasteiger partial charge in [0.05, 0.1) is 71.6 Å². The van der Waals surface area contributed by atoms with Crippen molar-refractivity contribution in [3.8, 4) is 17.6 Å². The minimum atomic E-state index is -4.67. The molecule has 0 bridgehead atoms. The molecule has 17 heteroatoms. The average molecular weight is 737 g/mol. The second-order valence-corrected chi connectivity index (χ2v) is 13.0. The van der Waals surface area contributed by atoms with Crippen LogP contribution in [0.1, 0.15) is 16.9 Å². The fourth-order valence-electron chi connectivity index (χ4n) is 5.88. The highest BCUT2D eigenvalue weighted by atomic mass is 32.1. The van der Waals surface area contributed by atoms with E-state index in [1.807, 2.05) is 0 Å². The number of benzene rings is 2. The number of fused-ring (bicyclic) bond motifs is 1. The molecule has 3 atom stereocenters. The van der Waals surface area contributed by atoms with Gasteiger partial charge in [-0.1, -0.05) is 24.0 Å². The molecule has 0 saturated carbocycles. The third kappa shape index (κ3) is 10.0. The number of nitrogens with one attached hydrogen (secondary N) is 2. The number of rotatable bonds is 11. The summed E-state index contributed by atoms with van der Waals surface area (Å²) in [5.74, 6) is 4.44. The number of morpholine rings is 1. The van der Waals surface area contributed by atoms with E-state index in [-0.39, 0.29) is 52.6 Å². The van der Waals surface area contributed by atoms with Gasteiger partial charge in [-0.25, -0.2) is 8.78 Å². The predicted molar refractivity (Wildman–Crippen MR) is 174 cm³/mol. The zero-order valence-corrected chi connectivity index (χ0v) is 27.5. The molecule has 274 valence electrons. The van der Waals surface area contributed by atoms with Crippen molar-refractivity contribution in [1.29, 1.82) is 0 Å². The second kappa shape index (κ2) is 16.2. The summed E-state index contributed by atoms with van der Waals surface area (Å²) in [7, 11) is 0. The van der Waals surface area contributed by atoms with Gasteiger partial charge in [0.2, 0.25) is 0 Å². The lowest BCUT2D eigenvalue weighted by molar-refractivity contribution is -0.153. The molecule has 2 saturated heterocycles. The van der Waals surface area contributed by atoms with Crippen molar-refractivity contribution in [3.63, 3.8) is 0 Å². The van der Waals surface area contributed by atoms with Crippen molar-refractivity contribution in [3.05, 3.63) is 46.6 Å². The SMILES string of the molecule is OCC(O)CN1CCC(Nc2cccc3c(CC(F)(F)F)c(C#CCNc4cc(F)c(N5CCOCC5)cc4OCC(F)(F)F)sc23)C(F)C1. The topological polar surface area (TPSA) is 89.5 Å². The van der Waals surface area contributed by atoms with Gasteiger partial charge in [0.15, 0.2) is 6.61 Å². The molecular formula is C33H36F8N4O4S. The largest absolute Gasteiger partial charge is 0.482 e. The number of anilines is 3. The van der Waals surface area contributed by atoms with Gasteiger partial charge in [-0.2, -0.15) is 26.3 Å². The molecule has 3 aromatic rings. The number of hydrogen-bond acceptors (Lipinski definition) is 9. The quantitative estimate of drug-likeness (QED) is 0.150. The molecule has 8 nitrogen and oxygen atoms in total. The van der Waals surface area contributed by atoms with E-state index in [2.05, 4.69) is 22.5 Å². The Kier molecular flexibility index (Phi) is 12.2. The van der Waals surface area contributed by atoms with Gasteiger partial charge in [-0.05, 0) is 23.4 Å². The number of piperidine rings is 1. The summed E-state index contributed by atoms with van der Waals surface area (Å²) in [6.07, 6.45) is -12.5. The minimum absolute atomic E-state index is 0.000987. The molecule has 2 aliphatic heterocycles. The number of hydrogen-bond donors (Lipinski definition) is 4. The smallest absolute Gasteiger partial charge is 0.422 e. The molecule has 0 aliphatic carbocycles. The Hall–Kier alpha value is -3.56. The van der Waals surface area contributed by atoms with Gasteiger partial charge in [0.1, 0.15) is 17.7 Å². The van der Waals surface area contributed by atoms with E-state index < -0.39 is 56.1 Å². The lowest BCUT2D eigenvalue weighted by Gasteiger charge is -2.36. The third-order valence-corrected chi connectivity index (χ3v) is 9.40. The van der Waals surface area contributed by atoms with Crippen LogP contribution >= 0.6 is 11.3 Å². The van der Waals surface area contributed by atoms with Crippen molar-refractivity contribution in [2.45, 2.75) is 43.5 Å². The number of aliphatic hydroxyl groups excluding tert-OH is 2. The second-order valence-electron chi connectivity index (χ2n) is 12.0. The number of thiophene rings is 1. The third-order valence-electron chi connectivity index (χ3n) is 8.20. The first-order chi connectivity index (χ1) is 23.7. The predicted octanol–water partition coefficient (Wildman–Crippen LogP) is 5.56. The molecule has 0 radical (unpaired) electrons. The first-order valence-corrected chi connectivity index (χ1v) is 16.6. The Morgan fingerprint density at radius 1 is 1.06 bits per heavy atom. The normalized spacial score (nSPS) is 19.6. The van der Waals surface area contributed by atoms with Crippen molar-refractivity contribution < 1.29 is 54.8 Å². The number of halogens is 8. The first kappa shape index (κ1) is 37.7. The summed E-state index contributed by atoms with van der Waals surface area (Å²) in [5, 5.41) is 24.9. The van der Waals surface area contributed by atoms with Gasteiger partial charge in [0.25, 0.3) is 0 Å². The maximum Gasteiger partial charge on any atom is 0.422 e. The Bertz CT molecular complexity index is 1670. The molecule has 0 amide bonds. The van der Waals surface area contributed by atoms with E-state index in [0.717, 1.165) is 23.5 Å². The molecule has 4 N–H and O–H groups in total. The molecule has 2 aliphatic rings. The summed E-state index contributed by atoms with van der Waals surface area (Å²) < 4.78 is 121. The van der Waals surface area contributed by atoms with E-state index in [0.29, 0.717) is 49.7 Å². The van der Waals surface area contributed by atoms with Crippen LogP contribution in [0.4, 0.5) is 52.2 Å². The lowest BCUT2D eigenvalue weighted by Crippen LogP contribution is -2.50. The van der Waals surface area contributed by atoms with Gasteiger partial charge in [-0.3, -0.25) is 4.90 Å². The van der Waals surface area contributed by atoms with Crippen LogP contribution in [0.15, 0.2) is 30.3 Å². The minimum Gasteiger partial charge on any atom is -0.482 e. The summed E-state index contributed by atoms with van der Waals surface area (Å²) in [4.78, 5) is 3.41. The molecule has 2 aromatic carbocycles. The zero-order chi connectivity index (χ0) is 36.1. The number of likely N-dealkylation sites (tertiary alicyclic amines) is 1. The molecular weight excluding hydrogens is 700 g/mol. The van der Waals surface area contributed by atoms with Crippen LogP contribution in [-0.2, 0) is 11.2 Å². The Labute approximate surface area is 286 Å². The monoisotopic (exact) mass is 736 g/mol. The van der Waals surface area contributed by atoms with Crippen LogP contribution in [0.5, 0.6) is 5.75 Å². The van der Waals surface area contributed by atoms with Crippen LogP contribution < -0.4 is 20.3 Å². The average Bonchev–Trinajstić information content (AvgIpc) is 3.40. The van der Waals surface area contributed by atoms with Crippen LogP contribution in [0.3, 0.4) is 0 Å². The fraction of sp³-hybridized carbons (Fsp3) is 0.515. The Morgan fingerprint density at radius 3 is 2.50 bits per heavy atom. The van der Waals surface area contributed by atoms with Gasteiger partial charge >= 0.3 is 12.4 Å². The molecule has 3 unspecified atom stereocenters. The van der Waals surface area contributed by atoms with Gasteiger partial charge < -0.3 is 35.2 Å². The standard InChI is InChI=1S/C33H36F8N4O4S/c34-23-13-27(29(49-19-33(39,40)41)14-28(23)45-9-11-48-12-10-45)42-7-2-5-30-22(15-32(36,37)38)21-3-1-4-26(31(21)50-30)43-25-6-8-44(17-24(25)35)16-20(47)18-46/h1,3-4,13-14,20,24-25,42-43,46-47H,6-12,15-19H2. The van der Waals surface area contributed by atoms with E-state index >= 15 is 8.78 Å². The van der Waals surface area contributed by atoms with Crippen molar-refractivity contribution >= 4 is 38.5 Å². The highest BCUT2D eigenvalue weighted by molar-refractivity contribution is 7.20. The van der Waals surface area contributed by atoms with Crippen molar-refractivity contribution in [2.75, 3.05) is 81.2 Å².